The number of aromatic nitrogens is 1. The van der Waals surface area contributed by atoms with Gasteiger partial charge in [0.2, 0.25) is 0 Å². The van der Waals surface area contributed by atoms with Crippen LogP contribution < -0.4 is 0 Å². The summed E-state index contributed by atoms with van der Waals surface area (Å²) in [5.74, 6) is 0. The molecule has 1 heterocycles. The van der Waals surface area contributed by atoms with E-state index >= 15 is 0 Å². The number of ether oxygens (including phenoxy) is 1. The van der Waals surface area contributed by atoms with Crippen molar-refractivity contribution < 1.29 is 4.74 Å². The fourth-order valence-corrected chi connectivity index (χ4v) is 3.43. The number of rotatable bonds is 3. The fraction of sp³-hybridized carbons (Fsp3) is 0.333. The normalized spacial score (nSPS) is 16.6. The Kier molecular flexibility index (Phi) is 3.09. The number of thiazole rings is 1. The summed E-state index contributed by atoms with van der Waals surface area (Å²) in [5, 5.41) is 12.0. The third-order valence-corrected chi connectivity index (χ3v) is 4.76. The van der Waals surface area contributed by atoms with Gasteiger partial charge in [0, 0.05) is 18.1 Å². The first kappa shape index (κ1) is 12.3. The zero-order chi connectivity index (χ0) is 13.3. The Morgan fingerprint density at radius 2 is 2.26 bits per heavy atom. The third kappa shape index (κ3) is 2.05. The average Bonchev–Trinajstić information content (AvgIpc) is 2.88. The van der Waals surface area contributed by atoms with Crippen LogP contribution in [0.1, 0.15) is 29.8 Å². The second-order valence-corrected chi connectivity index (χ2v) is 5.64. The van der Waals surface area contributed by atoms with Crippen LogP contribution in [0.5, 0.6) is 0 Å². The van der Waals surface area contributed by atoms with E-state index in [1.165, 1.54) is 6.42 Å². The molecule has 1 aliphatic rings. The van der Waals surface area contributed by atoms with E-state index in [2.05, 4.69) is 6.07 Å². The first-order valence-corrected chi connectivity index (χ1v) is 7.17. The van der Waals surface area contributed by atoms with Gasteiger partial charge < -0.3 is 4.74 Å². The zero-order valence-corrected chi connectivity index (χ0v) is 11.5. The smallest absolute Gasteiger partial charge is 0.125 e. The number of methoxy groups -OCH3 is 1. The molecule has 0 amide bonds. The summed E-state index contributed by atoms with van der Waals surface area (Å²) in [6, 6.07) is 9.71. The summed E-state index contributed by atoms with van der Waals surface area (Å²) < 4.78 is 5.65. The molecule has 1 aromatic carbocycles. The maximum atomic E-state index is 8.94. The Morgan fingerprint density at radius 3 is 2.89 bits per heavy atom. The maximum absolute atomic E-state index is 8.94. The molecule has 0 bridgehead atoms. The number of hydrogen-bond acceptors (Lipinski definition) is 4. The zero-order valence-electron chi connectivity index (χ0n) is 10.7. The van der Waals surface area contributed by atoms with Crippen molar-refractivity contribution in [1.29, 1.82) is 5.26 Å². The van der Waals surface area contributed by atoms with Crippen molar-refractivity contribution in [3.63, 3.8) is 0 Å². The van der Waals surface area contributed by atoms with Crippen LogP contribution in [0.2, 0.25) is 0 Å². The highest BCUT2D eigenvalue weighted by Gasteiger charge is 2.41. The van der Waals surface area contributed by atoms with Gasteiger partial charge in [-0.1, -0.05) is 12.1 Å². The molecule has 0 aliphatic heterocycles. The molecule has 96 valence electrons. The van der Waals surface area contributed by atoms with Crippen molar-refractivity contribution in [2.45, 2.75) is 24.9 Å². The lowest BCUT2D eigenvalue weighted by Crippen LogP contribution is -2.35. The van der Waals surface area contributed by atoms with Crippen LogP contribution in [-0.4, -0.2) is 12.1 Å². The van der Waals surface area contributed by atoms with Crippen molar-refractivity contribution in [3.8, 4) is 17.3 Å². The Labute approximate surface area is 116 Å². The second kappa shape index (κ2) is 4.76. The minimum absolute atomic E-state index is 0.157. The van der Waals surface area contributed by atoms with Gasteiger partial charge in [-0.25, -0.2) is 4.98 Å². The highest BCUT2D eigenvalue weighted by Crippen LogP contribution is 2.46. The Hall–Kier alpha value is -1.70. The molecular weight excluding hydrogens is 256 g/mol. The van der Waals surface area contributed by atoms with Gasteiger partial charge in [-0.2, -0.15) is 5.26 Å². The summed E-state index contributed by atoms with van der Waals surface area (Å²) in [7, 11) is 1.76. The van der Waals surface area contributed by atoms with Gasteiger partial charge in [-0.3, -0.25) is 0 Å². The molecule has 1 aliphatic carbocycles. The van der Waals surface area contributed by atoms with E-state index < -0.39 is 0 Å². The summed E-state index contributed by atoms with van der Waals surface area (Å²) in [6.07, 6.45) is 3.30. The van der Waals surface area contributed by atoms with E-state index in [-0.39, 0.29) is 5.60 Å². The Balaban J connectivity index is 1.95. The van der Waals surface area contributed by atoms with Crippen LogP contribution in [0.25, 0.3) is 11.3 Å². The van der Waals surface area contributed by atoms with Gasteiger partial charge in [0.05, 0.1) is 17.3 Å². The summed E-state index contributed by atoms with van der Waals surface area (Å²) in [5.41, 5.74) is 2.43. The number of benzene rings is 1. The van der Waals surface area contributed by atoms with Crippen LogP contribution in [0.3, 0.4) is 0 Å². The predicted molar refractivity (Wildman–Crippen MR) is 74.8 cm³/mol. The highest BCUT2D eigenvalue weighted by atomic mass is 32.1. The molecule has 0 radical (unpaired) electrons. The van der Waals surface area contributed by atoms with E-state index in [1.54, 1.807) is 24.5 Å². The standard InChI is InChI=1S/C15H14N2OS/c1-18-15(6-3-7-15)14-17-13(10-19-14)12-5-2-4-11(8-12)9-16/h2,4-5,8,10H,3,6-7H2,1H3. The van der Waals surface area contributed by atoms with Crippen LogP contribution in [0.4, 0.5) is 0 Å². The molecule has 0 N–H and O–H groups in total. The molecule has 3 rings (SSSR count). The second-order valence-electron chi connectivity index (χ2n) is 4.78. The molecular formula is C15H14N2OS. The molecule has 0 unspecified atom stereocenters. The fourth-order valence-electron chi connectivity index (χ4n) is 2.37. The molecule has 0 saturated heterocycles. The van der Waals surface area contributed by atoms with Gasteiger partial charge >= 0.3 is 0 Å². The molecule has 19 heavy (non-hydrogen) atoms. The lowest BCUT2D eigenvalue weighted by atomic mass is 9.80. The maximum Gasteiger partial charge on any atom is 0.125 e. The van der Waals surface area contributed by atoms with E-state index in [4.69, 9.17) is 15.0 Å². The van der Waals surface area contributed by atoms with E-state index in [0.29, 0.717) is 5.56 Å². The SMILES string of the molecule is COC1(c2nc(-c3cccc(C#N)c3)cs2)CCC1. The predicted octanol–water partition coefficient (Wildman–Crippen LogP) is 3.71. The van der Waals surface area contributed by atoms with E-state index in [1.807, 2.05) is 23.6 Å². The van der Waals surface area contributed by atoms with Crippen LogP contribution in [-0.2, 0) is 10.3 Å². The number of nitrogens with zero attached hydrogens (tertiary/aromatic N) is 2. The number of nitriles is 1. The van der Waals surface area contributed by atoms with Crippen molar-refractivity contribution in [2.24, 2.45) is 0 Å². The quantitative estimate of drug-likeness (QED) is 0.854. The third-order valence-electron chi connectivity index (χ3n) is 3.73. The van der Waals surface area contributed by atoms with Crippen molar-refractivity contribution in [3.05, 3.63) is 40.2 Å². The summed E-state index contributed by atoms with van der Waals surface area (Å²) >= 11 is 1.65. The van der Waals surface area contributed by atoms with Crippen molar-refractivity contribution >= 4 is 11.3 Å². The van der Waals surface area contributed by atoms with Gasteiger partial charge in [-0.05, 0) is 31.4 Å². The molecule has 1 aromatic heterocycles. The minimum atomic E-state index is -0.157. The topological polar surface area (TPSA) is 45.9 Å². The minimum Gasteiger partial charge on any atom is -0.371 e. The molecule has 1 fully saturated rings. The Morgan fingerprint density at radius 1 is 1.42 bits per heavy atom. The molecule has 4 heteroatoms. The first-order valence-electron chi connectivity index (χ1n) is 6.29. The molecule has 3 nitrogen and oxygen atoms in total. The number of hydrogen-bond donors (Lipinski definition) is 0. The van der Waals surface area contributed by atoms with Crippen LogP contribution in [0.15, 0.2) is 29.6 Å². The average molecular weight is 270 g/mol. The Bertz CT molecular complexity index is 632. The lowest BCUT2D eigenvalue weighted by molar-refractivity contribution is -0.0778. The van der Waals surface area contributed by atoms with Crippen LogP contribution in [0, 0.1) is 11.3 Å². The van der Waals surface area contributed by atoms with Crippen molar-refractivity contribution in [2.75, 3.05) is 7.11 Å². The monoisotopic (exact) mass is 270 g/mol. The molecule has 0 spiro atoms. The summed E-state index contributed by atoms with van der Waals surface area (Å²) in [6.45, 7) is 0. The first-order chi connectivity index (χ1) is 9.27. The molecule has 2 aromatic rings. The largest absolute Gasteiger partial charge is 0.371 e. The molecule has 0 atom stereocenters. The van der Waals surface area contributed by atoms with Crippen molar-refractivity contribution in [1.82, 2.24) is 4.98 Å². The highest BCUT2D eigenvalue weighted by molar-refractivity contribution is 7.10. The van der Waals surface area contributed by atoms with E-state index in [9.17, 15) is 0 Å². The molecule has 1 saturated carbocycles. The van der Waals surface area contributed by atoms with E-state index in [0.717, 1.165) is 29.1 Å². The van der Waals surface area contributed by atoms with Gasteiger partial charge in [0.15, 0.2) is 0 Å². The summed E-state index contributed by atoms with van der Waals surface area (Å²) in [4.78, 5) is 4.71. The van der Waals surface area contributed by atoms with Gasteiger partial charge in [0.25, 0.3) is 0 Å². The van der Waals surface area contributed by atoms with Gasteiger partial charge in [0.1, 0.15) is 10.6 Å². The van der Waals surface area contributed by atoms with Crippen LogP contribution >= 0.6 is 11.3 Å². The lowest BCUT2D eigenvalue weighted by Gasteiger charge is -2.38. The van der Waals surface area contributed by atoms with Gasteiger partial charge in [-0.15, -0.1) is 11.3 Å².